The minimum absolute atomic E-state index is 0.0991. The predicted molar refractivity (Wildman–Crippen MR) is 78.1 cm³/mol. The van der Waals surface area contributed by atoms with Crippen molar-refractivity contribution in [3.05, 3.63) is 0 Å². The molecular weight excluding hydrogens is 311 g/mol. The number of hydrogen-bond acceptors (Lipinski definition) is 3. The highest BCUT2D eigenvalue weighted by atomic mass is 19.4. The number of nitrogens with one attached hydrogen (secondary N) is 2. The first-order chi connectivity index (χ1) is 10.9. The van der Waals surface area contributed by atoms with Gasteiger partial charge in [0.05, 0.1) is 12.6 Å². The van der Waals surface area contributed by atoms with Crippen molar-refractivity contribution in [2.24, 2.45) is 5.92 Å². The number of halogens is 3. The second-order valence-corrected chi connectivity index (χ2v) is 6.92. The lowest BCUT2D eigenvalue weighted by Gasteiger charge is -2.30. The number of nitrogens with zero attached hydrogens (tertiary/aromatic N) is 1. The average molecular weight is 335 g/mol. The van der Waals surface area contributed by atoms with Gasteiger partial charge in [-0.1, -0.05) is 0 Å². The monoisotopic (exact) mass is 335 g/mol. The molecule has 132 valence electrons. The van der Waals surface area contributed by atoms with E-state index in [2.05, 4.69) is 10.6 Å². The summed E-state index contributed by atoms with van der Waals surface area (Å²) in [6.45, 7) is 0.377. The van der Waals surface area contributed by atoms with E-state index >= 15 is 0 Å². The summed E-state index contributed by atoms with van der Waals surface area (Å²) in [5.41, 5.74) is 0. The summed E-state index contributed by atoms with van der Waals surface area (Å²) in [6, 6.07) is -0.385. The highest BCUT2D eigenvalue weighted by Gasteiger charge is 2.37. The van der Waals surface area contributed by atoms with Crippen LogP contribution in [0.5, 0.6) is 0 Å². The van der Waals surface area contributed by atoms with Gasteiger partial charge in [-0.05, 0) is 38.0 Å². The van der Waals surface area contributed by atoms with Crippen LogP contribution in [-0.4, -0.2) is 61.5 Å². The van der Waals surface area contributed by atoms with Crippen molar-refractivity contribution in [3.8, 4) is 0 Å². The molecule has 8 heteroatoms. The van der Waals surface area contributed by atoms with Crippen LogP contribution in [0.1, 0.15) is 32.1 Å². The zero-order valence-electron chi connectivity index (χ0n) is 13.1. The summed E-state index contributed by atoms with van der Waals surface area (Å²) in [4.78, 5) is 13.4. The first kappa shape index (κ1) is 16.8. The van der Waals surface area contributed by atoms with Crippen LogP contribution in [0.2, 0.25) is 0 Å². The number of carbonyl (C=O) groups excluding carboxylic acids is 1. The average Bonchev–Trinajstić information content (AvgIpc) is 3.21. The van der Waals surface area contributed by atoms with Gasteiger partial charge in [-0.3, -0.25) is 4.90 Å². The molecule has 0 aromatic rings. The highest BCUT2D eigenvalue weighted by molar-refractivity contribution is 5.74. The number of likely N-dealkylation sites (tertiary alicyclic amines) is 1. The number of carbonyl (C=O) groups is 1. The number of urea groups is 1. The molecule has 2 aliphatic heterocycles. The van der Waals surface area contributed by atoms with E-state index in [1.165, 1.54) is 17.7 Å². The molecule has 0 aromatic heterocycles. The molecule has 0 bridgehead atoms. The molecule has 3 fully saturated rings. The SMILES string of the molecule is O=C(N[C@@H]1CCO[C@H](C2CC2)C1)N[C@@H]1CCN(CC(F)(F)F)C1. The molecule has 0 spiro atoms. The Morgan fingerprint density at radius 2 is 1.87 bits per heavy atom. The second-order valence-electron chi connectivity index (χ2n) is 6.92. The normalized spacial score (nSPS) is 32.7. The molecule has 2 saturated heterocycles. The van der Waals surface area contributed by atoms with E-state index in [-0.39, 0.29) is 30.8 Å². The highest BCUT2D eigenvalue weighted by Crippen LogP contribution is 2.38. The second kappa shape index (κ2) is 6.84. The standard InChI is InChI=1S/C15H24F3N3O2/c16-15(17,18)9-21-5-3-12(8-21)20-14(22)19-11-4-6-23-13(7-11)10-1-2-10/h10-13H,1-9H2,(H2,19,20,22)/t11-,12-,13+/m1/s1. The summed E-state index contributed by atoms with van der Waals surface area (Å²) >= 11 is 0. The maximum atomic E-state index is 12.4. The fraction of sp³-hybridized carbons (Fsp3) is 0.933. The van der Waals surface area contributed by atoms with Gasteiger partial charge in [0, 0.05) is 31.8 Å². The number of hydrogen-bond donors (Lipinski definition) is 2. The van der Waals surface area contributed by atoms with Crippen molar-refractivity contribution in [1.82, 2.24) is 15.5 Å². The Balaban J connectivity index is 1.38. The maximum Gasteiger partial charge on any atom is 0.401 e. The van der Waals surface area contributed by atoms with Gasteiger partial charge in [-0.25, -0.2) is 4.79 Å². The Kier molecular flexibility index (Phi) is 5.01. The lowest BCUT2D eigenvalue weighted by atomic mass is 10.0. The molecule has 23 heavy (non-hydrogen) atoms. The van der Waals surface area contributed by atoms with Crippen LogP contribution >= 0.6 is 0 Å². The summed E-state index contributed by atoms with van der Waals surface area (Å²) in [7, 11) is 0. The van der Waals surface area contributed by atoms with Crippen molar-refractivity contribution < 1.29 is 22.7 Å². The molecule has 2 amide bonds. The van der Waals surface area contributed by atoms with Crippen LogP contribution in [0.4, 0.5) is 18.0 Å². The maximum absolute atomic E-state index is 12.4. The van der Waals surface area contributed by atoms with Crippen molar-refractivity contribution in [1.29, 1.82) is 0 Å². The summed E-state index contributed by atoms with van der Waals surface area (Å²) < 4.78 is 42.8. The number of amides is 2. The fourth-order valence-corrected chi connectivity index (χ4v) is 3.52. The fourth-order valence-electron chi connectivity index (χ4n) is 3.52. The molecule has 3 rings (SSSR count). The van der Waals surface area contributed by atoms with E-state index in [1.54, 1.807) is 0 Å². The molecular formula is C15H24F3N3O2. The first-order valence-corrected chi connectivity index (χ1v) is 8.37. The Morgan fingerprint density at radius 1 is 1.13 bits per heavy atom. The Bertz CT molecular complexity index is 429. The van der Waals surface area contributed by atoms with Crippen molar-refractivity contribution in [2.45, 2.75) is 56.5 Å². The first-order valence-electron chi connectivity index (χ1n) is 8.37. The lowest BCUT2D eigenvalue weighted by Crippen LogP contribution is -2.50. The van der Waals surface area contributed by atoms with Gasteiger partial charge in [0.1, 0.15) is 0 Å². The third kappa shape index (κ3) is 5.24. The molecule has 3 aliphatic rings. The Labute approximate surface area is 133 Å². The molecule has 1 aliphatic carbocycles. The molecule has 2 N–H and O–H groups in total. The van der Waals surface area contributed by atoms with Crippen LogP contribution in [-0.2, 0) is 4.74 Å². The van der Waals surface area contributed by atoms with E-state index in [0.717, 1.165) is 12.8 Å². The molecule has 5 nitrogen and oxygen atoms in total. The predicted octanol–water partition coefficient (Wildman–Crippen LogP) is 1.88. The van der Waals surface area contributed by atoms with Gasteiger partial charge in [0.2, 0.25) is 0 Å². The topological polar surface area (TPSA) is 53.6 Å². The number of ether oxygens (including phenoxy) is 1. The van der Waals surface area contributed by atoms with Gasteiger partial charge >= 0.3 is 12.2 Å². The number of rotatable bonds is 4. The molecule has 1 saturated carbocycles. The van der Waals surface area contributed by atoms with Gasteiger partial charge in [-0.2, -0.15) is 13.2 Å². The van der Waals surface area contributed by atoms with Gasteiger partial charge in [-0.15, -0.1) is 0 Å². The Hall–Kier alpha value is -1.02. The summed E-state index contributed by atoms with van der Waals surface area (Å²) in [5.74, 6) is 0.647. The van der Waals surface area contributed by atoms with E-state index in [9.17, 15) is 18.0 Å². The zero-order chi connectivity index (χ0) is 16.4. The van der Waals surface area contributed by atoms with Crippen LogP contribution in [0.25, 0.3) is 0 Å². The minimum atomic E-state index is -4.18. The van der Waals surface area contributed by atoms with E-state index in [1.807, 2.05) is 0 Å². The quantitative estimate of drug-likeness (QED) is 0.825. The largest absolute Gasteiger partial charge is 0.401 e. The van der Waals surface area contributed by atoms with Crippen LogP contribution < -0.4 is 10.6 Å². The smallest absolute Gasteiger partial charge is 0.378 e. The van der Waals surface area contributed by atoms with Gasteiger partial charge < -0.3 is 15.4 Å². The van der Waals surface area contributed by atoms with Crippen LogP contribution in [0.3, 0.4) is 0 Å². The molecule has 0 unspecified atom stereocenters. The van der Waals surface area contributed by atoms with Crippen LogP contribution in [0, 0.1) is 5.92 Å². The van der Waals surface area contributed by atoms with Crippen molar-refractivity contribution >= 4 is 6.03 Å². The van der Waals surface area contributed by atoms with Gasteiger partial charge in [0.15, 0.2) is 0 Å². The van der Waals surface area contributed by atoms with Crippen molar-refractivity contribution in [2.75, 3.05) is 26.2 Å². The van der Waals surface area contributed by atoms with E-state index in [4.69, 9.17) is 4.74 Å². The van der Waals surface area contributed by atoms with E-state index in [0.29, 0.717) is 25.5 Å². The third-order valence-corrected chi connectivity index (χ3v) is 4.81. The van der Waals surface area contributed by atoms with E-state index < -0.39 is 12.7 Å². The Morgan fingerprint density at radius 3 is 2.57 bits per heavy atom. The third-order valence-electron chi connectivity index (χ3n) is 4.81. The molecule has 3 atom stereocenters. The number of alkyl halides is 3. The molecule has 0 aromatic carbocycles. The minimum Gasteiger partial charge on any atom is -0.378 e. The molecule has 2 heterocycles. The summed E-state index contributed by atoms with van der Waals surface area (Å²) in [5, 5.41) is 5.75. The van der Waals surface area contributed by atoms with Crippen molar-refractivity contribution in [3.63, 3.8) is 0 Å². The zero-order valence-corrected chi connectivity index (χ0v) is 13.1. The van der Waals surface area contributed by atoms with Gasteiger partial charge in [0.25, 0.3) is 0 Å². The van der Waals surface area contributed by atoms with Crippen LogP contribution in [0.15, 0.2) is 0 Å². The molecule has 0 radical (unpaired) electrons. The lowest BCUT2D eigenvalue weighted by molar-refractivity contribution is -0.143. The summed E-state index contributed by atoms with van der Waals surface area (Å²) in [6.07, 6.45) is 0.674.